The average molecular weight is 714 g/mol. The van der Waals surface area contributed by atoms with Gasteiger partial charge < -0.3 is 43.5 Å². The molecule has 0 aliphatic carbocycles. The number of fused-ring (bicyclic) bond motifs is 2. The minimum atomic E-state index is -4.01. The Labute approximate surface area is 268 Å². The Kier molecular flexibility index (Phi) is 6.60. The smallest absolute Gasteiger partial charge is 0.325 e. The van der Waals surface area contributed by atoms with Crippen molar-refractivity contribution in [3.8, 4) is 0 Å². The highest BCUT2D eigenvalue weighted by Crippen LogP contribution is 2.61. The van der Waals surface area contributed by atoms with Gasteiger partial charge in [0.05, 0.1) is 44.8 Å². The van der Waals surface area contributed by atoms with Crippen molar-refractivity contribution < 1.29 is 46.8 Å². The molecule has 0 spiro atoms. The number of nitrogens with zero attached hydrogens (tertiary/aromatic N) is 8. The lowest BCUT2D eigenvalue weighted by molar-refractivity contribution is -0.187. The second-order valence-electron chi connectivity index (χ2n) is 11.6. The summed E-state index contributed by atoms with van der Waals surface area (Å²) in [5.41, 5.74) is 5.75. The van der Waals surface area contributed by atoms with Gasteiger partial charge in [0.15, 0.2) is 29.6 Å². The van der Waals surface area contributed by atoms with Crippen LogP contribution in [0.15, 0.2) is 25.3 Å². The Hall–Kier alpha value is -2.20. The van der Waals surface area contributed by atoms with Gasteiger partial charge in [-0.3, -0.25) is 18.2 Å². The van der Waals surface area contributed by atoms with Crippen molar-refractivity contribution in [2.45, 2.75) is 55.0 Å². The molecule has 4 N–H and O–H groups in total. The van der Waals surface area contributed by atoms with E-state index >= 15 is 0 Å². The highest BCUT2D eigenvalue weighted by molar-refractivity contribution is 8.07. The van der Waals surface area contributed by atoms with Gasteiger partial charge >= 0.3 is 13.4 Å². The number of hydrogen-bond acceptors (Lipinski definition) is 17. The minimum Gasteiger partial charge on any atom is -0.382 e. The molecule has 9 rings (SSSR count). The summed E-state index contributed by atoms with van der Waals surface area (Å²) in [6.45, 7) is -6.93. The highest BCUT2D eigenvalue weighted by Gasteiger charge is 2.68. The van der Waals surface area contributed by atoms with Crippen molar-refractivity contribution in [1.82, 2.24) is 39.0 Å². The Balaban J connectivity index is 1.05. The fourth-order valence-electron chi connectivity index (χ4n) is 6.69. The maximum atomic E-state index is 11.4. The average Bonchev–Trinajstić information content (AvgIpc) is 3.86. The summed E-state index contributed by atoms with van der Waals surface area (Å²) >= 11 is 11.0. The van der Waals surface area contributed by atoms with Crippen LogP contribution in [-0.2, 0) is 60.7 Å². The van der Waals surface area contributed by atoms with Crippen LogP contribution in [0.3, 0.4) is 0 Å². The lowest BCUT2D eigenvalue weighted by atomic mass is 10.0. The van der Waals surface area contributed by atoms with Crippen LogP contribution in [-0.4, -0.2) is 111 Å². The quantitative estimate of drug-likeness (QED) is 0.235. The molecule has 0 aromatic carbocycles. The molecule has 0 radical (unpaired) electrons. The molecule has 46 heavy (non-hydrogen) atoms. The lowest BCUT2D eigenvalue weighted by Crippen LogP contribution is -2.48. The van der Waals surface area contributed by atoms with Gasteiger partial charge in [-0.15, -0.1) is 0 Å². The van der Waals surface area contributed by atoms with E-state index in [1.54, 1.807) is 15.5 Å². The molecular formula is C23H25N9O10P2S2. The van der Waals surface area contributed by atoms with E-state index in [2.05, 4.69) is 29.9 Å². The number of anilines is 1. The van der Waals surface area contributed by atoms with Crippen molar-refractivity contribution in [1.29, 1.82) is 0 Å². The molecule has 19 nitrogen and oxygen atoms in total. The molecule has 10 atom stereocenters. The van der Waals surface area contributed by atoms with Gasteiger partial charge in [-0.1, -0.05) is 0 Å². The van der Waals surface area contributed by atoms with E-state index in [0.29, 0.717) is 28.0 Å². The number of hydrogen-bond donors (Lipinski definition) is 3. The van der Waals surface area contributed by atoms with Crippen LogP contribution in [0.1, 0.15) is 18.1 Å². The predicted octanol–water partition coefficient (Wildman–Crippen LogP) is 0.140. The monoisotopic (exact) mass is 713 g/mol. The largest absolute Gasteiger partial charge is 0.382 e. The first-order chi connectivity index (χ1) is 22.0. The summed E-state index contributed by atoms with van der Waals surface area (Å²) in [5.74, 6) is 0.187. The van der Waals surface area contributed by atoms with Gasteiger partial charge in [-0.25, -0.2) is 29.9 Å². The number of rotatable bonds is 2. The van der Waals surface area contributed by atoms with Gasteiger partial charge in [0.2, 0.25) is 0 Å². The molecule has 0 amide bonds. The fourth-order valence-corrected chi connectivity index (χ4v) is 9.65. The number of aromatic nitrogens is 8. The summed E-state index contributed by atoms with van der Waals surface area (Å²) in [6.07, 6.45) is 0.460. The van der Waals surface area contributed by atoms with Gasteiger partial charge in [-0.05, 0) is 30.5 Å². The van der Waals surface area contributed by atoms with Crippen LogP contribution in [0.2, 0.25) is 0 Å². The molecule has 9 heterocycles. The maximum absolute atomic E-state index is 11.4. The zero-order valence-corrected chi connectivity index (χ0v) is 27.1. The van der Waals surface area contributed by atoms with Crippen LogP contribution in [0.4, 0.5) is 5.82 Å². The minimum absolute atomic E-state index is 0.0207. The van der Waals surface area contributed by atoms with E-state index in [4.69, 9.17) is 66.4 Å². The second kappa shape index (κ2) is 10.2. The van der Waals surface area contributed by atoms with E-state index in [-0.39, 0.29) is 32.2 Å². The molecule has 23 heteroatoms. The summed E-state index contributed by atoms with van der Waals surface area (Å²) in [6, 6.07) is 0. The molecule has 244 valence electrons. The molecule has 5 saturated heterocycles. The summed E-state index contributed by atoms with van der Waals surface area (Å²) in [7, 11) is 0. The molecule has 4 aromatic heterocycles. The van der Waals surface area contributed by atoms with Crippen molar-refractivity contribution in [2.75, 3.05) is 32.2 Å². The van der Waals surface area contributed by atoms with Crippen LogP contribution >= 0.6 is 13.4 Å². The summed E-state index contributed by atoms with van der Waals surface area (Å²) < 4.78 is 52.6. The third-order valence-electron chi connectivity index (χ3n) is 8.86. The van der Waals surface area contributed by atoms with Gasteiger partial charge in [0.25, 0.3) is 0 Å². The fraction of sp³-hybridized carbons (Fsp3) is 0.565. The van der Waals surface area contributed by atoms with Crippen LogP contribution < -0.4 is 5.73 Å². The highest BCUT2D eigenvalue weighted by atomic mass is 32.5. The van der Waals surface area contributed by atoms with Crippen LogP contribution in [0.25, 0.3) is 22.3 Å². The van der Waals surface area contributed by atoms with Gasteiger partial charge in [0, 0.05) is 0 Å². The summed E-state index contributed by atoms with van der Waals surface area (Å²) in [4.78, 5) is 48.4. The third kappa shape index (κ3) is 4.40. The number of nitrogens with two attached hydrogens (primary N) is 1. The molecular weight excluding hydrogens is 688 g/mol. The molecule has 5 aliphatic heterocycles. The van der Waals surface area contributed by atoms with Crippen molar-refractivity contribution in [2.24, 2.45) is 0 Å². The van der Waals surface area contributed by atoms with E-state index in [0.717, 1.165) is 0 Å². The standard InChI is InChI=1S/C23H25N9O10P2S2/c1-10-11-18(27-6-25-10)31(8-29-11)20-13-15-22(39-20,2-35-13)4-37-44(34,46)42-16-14-21(32-9-30-12-17(24)26-7-28-19(12)32)40-23(16,3-36-14)5-38-43(33,45)41-15/h6-9,13-16,20-21H,2-5H2,1H3,(H,33,45)(H,34,46)(H2,24,26,28)/t13-,14-,15+,16?,20-,21-,22-,23-,43?,44?/m1/s1. The number of ether oxygens (including phenoxy) is 4. The Morgan fingerprint density at radius 1 is 0.761 bits per heavy atom. The van der Waals surface area contributed by atoms with E-state index in [1.807, 2.05) is 6.92 Å². The Morgan fingerprint density at radius 2 is 1.26 bits per heavy atom. The molecule has 5 fully saturated rings. The normalized spacial score (nSPS) is 42.2. The molecule has 3 unspecified atom stereocenters. The van der Waals surface area contributed by atoms with Crippen LogP contribution in [0.5, 0.6) is 0 Å². The molecule has 5 aliphatic rings. The molecule has 4 aromatic rings. The van der Waals surface area contributed by atoms with Gasteiger partial charge in [-0.2, -0.15) is 0 Å². The molecule has 0 saturated carbocycles. The third-order valence-corrected chi connectivity index (χ3v) is 11.9. The first-order valence-corrected chi connectivity index (χ1v) is 19.1. The maximum Gasteiger partial charge on any atom is 0.325 e. The Morgan fingerprint density at radius 3 is 1.83 bits per heavy atom. The zero-order chi connectivity index (χ0) is 31.6. The van der Waals surface area contributed by atoms with E-state index in [9.17, 15) is 9.79 Å². The first kappa shape index (κ1) is 29.9. The topological polar surface area (TPSA) is 228 Å². The number of aryl methyl sites for hydroxylation is 1. The van der Waals surface area contributed by atoms with Crippen molar-refractivity contribution in [3.05, 3.63) is 31.0 Å². The van der Waals surface area contributed by atoms with Gasteiger partial charge in [0.1, 0.15) is 59.3 Å². The van der Waals surface area contributed by atoms with Crippen molar-refractivity contribution in [3.63, 3.8) is 0 Å². The zero-order valence-electron chi connectivity index (χ0n) is 23.6. The van der Waals surface area contributed by atoms with E-state index < -0.39 is 61.5 Å². The SMILES string of the molecule is Cc1ncnc2c1ncn2[C@@H]1O[C@@]23CO[C@@H]1[C@@H]2OP(O)(=S)OC[C@]12CO[C@H](C1OP(O)(=S)OC3)[C@H](n1cnc3c(N)ncnc31)O2. The lowest BCUT2D eigenvalue weighted by Gasteiger charge is -2.36. The predicted molar refractivity (Wildman–Crippen MR) is 160 cm³/mol. The van der Waals surface area contributed by atoms with Crippen molar-refractivity contribution >= 4 is 65.2 Å². The molecule has 4 bridgehead atoms. The number of imidazole rings is 2. The van der Waals surface area contributed by atoms with Crippen LogP contribution in [0, 0.1) is 6.92 Å². The Bertz CT molecular complexity index is 1860. The number of nitrogen functional groups attached to an aromatic ring is 1. The first-order valence-electron chi connectivity index (χ1n) is 14.0. The van der Waals surface area contributed by atoms with E-state index in [1.165, 1.54) is 19.0 Å². The second-order valence-corrected chi connectivity index (χ2v) is 17.2. The summed E-state index contributed by atoms with van der Waals surface area (Å²) in [5, 5.41) is 0.